The summed E-state index contributed by atoms with van der Waals surface area (Å²) in [6.45, 7) is 5.34. The Bertz CT molecular complexity index is 961. The van der Waals surface area contributed by atoms with Gasteiger partial charge in [-0.15, -0.1) is 0 Å². The van der Waals surface area contributed by atoms with E-state index >= 15 is 0 Å². The Morgan fingerprint density at radius 1 is 1.30 bits per heavy atom. The van der Waals surface area contributed by atoms with Gasteiger partial charge in [0.1, 0.15) is 17.2 Å². The summed E-state index contributed by atoms with van der Waals surface area (Å²) >= 11 is 0. The number of pyridine rings is 1. The molecule has 23 heavy (non-hydrogen) atoms. The van der Waals surface area contributed by atoms with E-state index in [1.54, 1.807) is 13.0 Å². The van der Waals surface area contributed by atoms with Crippen molar-refractivity contribution in [1.82, 2.24) is 4.98 Å². The lowest BCUT2D eigenvalue weighted by molar-refractivity contribution is 0.583. The van der Waals surface area contributed by atoms with E-state index in [9.17, 15) is 9.18 Å². The van der Waals surface area contributed by atoms with Crippen LogP contribution in [0.1, 0.15) is 29.7 Å². The Morgan fingerprint density at radius 3 is 2.70 bits per heavy atom. The predicted octanol–water partition coefficient (Wildman–Crippen LogP) is 3.63. The van der Waals surface area contributed by atoms with E-state index in [-0.39, 0.29) is 22.8 Å². The molecule has 0 saturated heterocycles. The molecule has 0 aliphatic heterocycles. The van der Waals surface area contributed by atoms with Crippen LogP contribution in [0.3, 0.4) is 0 Å². The fourth-order valence-electron chi connectivity index (χ4n) is 2.71. The second-order valence-electron chi connectivity index (χ2n) is 5.76. The lowest BCUT2D eigenvalue weighted by Gasteiger charge is -2.13. The molecule has 0 amide bonds. The van der Waals surface area contributed by atoms with Gasteiger partial charge >= 0.3 is 0 Å². The average molecular weight is 312 g/mol. The first-order valence-electron chi connectivity index (χ1n) is 7.33. The van der Waals surface area contributed by atoms with Gasteiger partial charge in [-0.25, -0.2) is 4.39 Å². The molecule has 4 nitrogen and oxygen atoms in total. The first kappa shape index (κ1) is 15.4. The van der Waals surface area contributed by atoms with Gasteiger partial charge in [-0.05, 0) is 38.5 Å². The SMILES string of the molecule is Cc1cc([C@@H](C)N)c2oc(-c3cnccc3F)c(C)c(=O)c2c1. The summed E-state index contributed by atoms with van der Waals surface area (Å²) in [5.41, 5.74) is 8.40. The quantitative estimate of drug-likeness (QED) is 0.784. The fraction of sp³-hybridized carbons (Fsp3) is 0.222. The van der Waals surface area contributed by atoms with Crippen molar-refractivity contribution < 1.29 is 8.81 Å². The van der Waals surface area contributed by atoms with E-state index in [2.05, 4.69) is 4.98 Å². The van der Waals surface area contributed by atoms with Crippen LogP contribution in [-0.4, -0.2) is 4.98 Å². The van der Waals surface area contributed by atoms with Gasteiger partial charge in [-0.3, -0.25) is 9.78 Å². The third kappa shape index (κ3) is 2.53. The van der Waals surface area contributed by atoms with Gasteiger partial charge in [-0.2, -0.15) is 0 Å². The summed E-state index contributed by atoms with van der Waals surface area (Å²) in [5, 5.41) is 0.461. The Balaban J connectivity index is 2.45. The van der Waals surface area contributed by atoms with Crippen molar-refractivity contribution >= 4 is 11.0 Å². The Labute approximate surface area is 132 Å². The molecular formula is C18H17FN2O2. The molecule has 0 aliphatic carbocycles. The van der Waals surface area contributed by atoms with Crippen molar-refractivity contribution in [1.29, 1.82) is 0 Å². The Kier molecular flexibility index (Phi) is 3.74. The van der Waals surface area contributed by atoms with Crippen LogP contribution in [0.15, 0.2) is 39.8 Å². The molecule has 3 aromatic rings. The Morgan fingerprint density at radius 2 is 2.04 bits per heavy atom. The normalized spacial score (nSPS) is 12.6. The minimum atomic E-state index is -0.486. The van der Waals surface area contributed by atoms with E-state index in [0.717, 1.165) is 11.1 Å². The third-order valence-electron chi connectivity index (χ3n) is 3.89. The van der Waals surface area contributed by atoms with Crippen LogP contribution in [0.25, 0.3) is 22.3 Å². The van der Waals surface area contributed by atoms with Gasteiger partial charge < -0.3 is 10.2 Å². The number of halogens is 1. The smallest absolute Gasteiger partial charge is 0.196 e. The third-order valence-corrected chi connectivity index (χ3v) is 3.89. The average Bonchev–Trinajstić information content (AvgIpc) is 2.51. The van der Waals surface area contributed by atoms with Gasteiger partial charge in [0.25, 0.3) is 0 Å². The summed E-state index contributed by atoms with van der Waals surface area (Å²) in [6.07, 6.45) is 2.70. The van der Waals surface area contributed by atoms with Crippen LogP contribution >= 0.6 is 0 Å². The zero-order valence-electron chi connectivity index (χ0n) is 13.2. The molecule has 0 saturated carbocycles. The number of aryl methyl sites for hydroxylation is 1. The number of hydrogen-bond acceptors (Lipinski definition) is 4. The van der Waals surface area contributed by atoms with Crippen molar-refractivity contribution in [3.63, 3.8) is 0 Å². The molecule has 2 N–H and O–H groups in total. The van der Waals surface area contributed by atoms with E-state index in [0.29, 0.717) is 16.5 Å². The maximum atomic E-state index is 14.1. The molecule has 0 spiro atoms. The number of nitrogens with zero attached hydrogens (tertiary/aromatic N) is 1. The lowest BCUT2D eigenvalue weighted by atomic mass is 9.99. The van der Waals surface area contributed by atoms with E-state index < -0.39 is 5.82 Å². The van der Waals surface area contributed by atoms with Crippen LogP contribution in [0, 0.1) is 19.7 Å². The monoisotopic (exact) mass is 312 g/mol. The first-order chi connectivity index (χ1) is 10.9. The minimum Gasteiger partial charge on any atom is -0.455 e. The number of nitrogens with two attached hydrogens (primary N) is 1. The molecule has 0 bridgehead atoms. The number of hydrogen-bond donors (Lipinski definition) is 1. The molecule has 5 heteroatoms. The maximum absolute atomic E-state index is 14.1. The lowest BCUT2D eigenvalue weighted by Crippen LogP contribution is -2.12. The zero-order chi connectivity index (χ0) is 16.7. The standard InChI is InChI=1S/C18H17FN2O2/c1-9-6-12(11(3)20)18-13(7-9)16(22)10(2)17(23-18)14-8-21-5-4-15(14)19/h4-8,11H,20H2,1-3H3/t11-/m1/s1. The highest BCUT2D eigenvalue weighted by atomic mass is 19.1. The van der Waals surface area contributed by atoms with E-state index in [1.165, 1.54) is 18.5 Å². The van der Waals surface area contributed by atoms with Gasteiger partial charge in [0.15, 0.2) is 5.43 Å². The van der Waals surface area contributed by atoms with E-state index in [4.69, 9.17) is 10.2 Å². The Hall–Kier alpha value is -2.53. The van der Waals surface area contributed by atoms with Gasteiger partial charge in [-0.1, -0.05) is 6.07 Å². The van der Waals surface area contributed by atoms with Crippen molar-refractivity contribution in [3.05, 3.63) is 63.3 Å². The van der Waals surface area contributed by atoms with Gasteiger partial charge in [0, 0.05) is 29.6 Å². The highest BCUT2D eigenvalue weighted by Gasteiger charge is 2.19. The zero-order valence-corrected chi connectivity index (χ0v) is 13.2. The number of aromatic nitrogens is 1. The highest BCUT2D eigenvalue weighted by Crippen LogP contribution is 2.30. The summed E-state index contributed by atoms with van der Waals surface area (Å²) in [4.78, 5) is 16.6. The van der Waals surface area contributed by atoms with Crippen LogP contribution < -0.4 is 11.2 Å². The fourth-order valence-corrected chi connectivity index (χ4v) is 2.71. The summed E-state index contributed by atoms with van der Waals surface area (Å²) in [6, 6.07) is 4.58. The van der Waals surface area contributed by atoms with Crippen LogP contribution in [-0.2, 0) is 0 Å². The first-order valence-corrected chi connectivity index (χ1v) is 7.33. The molecule has 118 valence electrons. The molecule has 1 atom stereocenters. The van der Waals surface area contributed by atoms with E-state index in [1.807, 2.05) is 19.9 Å². The van der Waals surface area contributed by atoms with Crippen LogP contribution in [0.5, 0.6) is 0 Å². The molecule has 2 aromatic heterocycles. The molecular weight excluding hydrogens is 295 g/mol. The molecule has 0 radical (unpaired) electrons. The van der Waals surface area contributed by atoms with Crippen molar-refractivity contribution in [2.75, 3.05) is 0 Å². The van der Waals surface area contributed by atoms with Gasteiger partial charge in [0.2, 0.25) is 0 Å². The predicted molar refractivity (Wildman–Crippen MR) is 87.7 cm³/mol. The number of benzene rings is 1. The maximum Gasteiger partial charge on any atom is 0.196 e. The molecule has 3 rings (SSSR count). The van der Waals surface area contributed by atoms with Crippen molar-refractivity contribution in [2.24, 2.45) is 5.73 Å². The summed E-state index contributed by atoms with van der Waals surface area (Å²) in [5.74, 6) is -0.293. The molecule has 0 aliphatic rings. The molecule has 0 fully saturated rings. The number of rotatable bonds is 2. The summed E-state index contributed by atoms with van der Waals surface area (Å²) in [7, 11) is 0. The van der Waals surface area contributed by atoms with Crippen LogP contribution in [0.4, 0.5) is 4.39 Å². The largest absolute Gasteiger partial charge is 0.455 e. The van der Waals surface area contributed by atoms with Gasteiger partial charge in [0.05, 0.1) is 10.9 Å². The second-order valence-corrected chi connectivity index (χ2v) is 5.76. The van der Waals surface area contributed by atoms with Crippen molar-refractivity contribution in [3.8, 4) is 11.3 Å². The second kappa shape index (κ2) is 5.59. The molecule has 1 aromatic carbocycles. The highest BCUT2D eigenvalue weighted by molar-refractivity contribution is 5.84. The number of fused-ring (bicyclic) bond motifs is 1. The van der Waals surface area contributed by atoms with Crippen molar-refractivity contribution in [2.45, 2.75) is 26.8 Å². The molecule has 0 unspecified atom stereocenters. The molecule has 2 heterocycles. The topological polar surface area (TPSA) is 69.1 Å². The van der Waals surface area contributed by atoms with Crippen LogP contribution in [0.2, 0.25) is 0 Å². The minimum absolute atomic E-state index is 0.167. The summed E-state index contributed by atoms with van der Waals surface area (Å²) < 4.78 is 20.0.